The molecule has 0 bridgehead atoms. The third kappa shape index (κ3) is 4.79. The summed E-state index contributed by atoms with van der Waals surface area (Å²) < 4.78 is 4.75. The molecule has 7 heteroatoms. The van der Waals surface area contributed by atoms with Crippen LogP contribution in [-0.2, 0) is 9.53 Å². The minimum atomic E-state index is -0.682. The van der Waals surface area contributed by atoms with Gasteiger partial charge in [-0.05, 0) is 24.5 Å². The van der Waals surface area contributed by atoms with E-state index in [1.165, 1.54) is 18.4 Å². The first kappa shape index (κ1) is 18.4. The molecular formula is C17H19ClN2O3S. The molecule has 0 saturated carbocycles. The Kier molecular flexibility index (Phi) is 6.34. The van der Waals surface area contributed by atoms with Crippen LogP contribution in [-0.4, -0.2) is 30.0 Å². The highest BCUT2D eigenvalue weighted by atomic mass is 35.5. The van der Waals surface area contributed by atoms with E-state index in [2.05, 4.69) is 10.3 Å². The van der Waals surface area contributed by atoms with Crippen LogP contribution in [0.5, 0.6) is 0 Å². The molecule has 0 aliphatic rings. The number of esters is 1. The second-order valence-electron chi connectivity index (χ2n) is 5.73. The lowest BCUT2D eigenvalue weighted by atomic mass is 10.0. The summed E-state index contributed by atoms with van der Waals surface area (Å²) in [5.41, 5.74) is 1.12. The number of nitrogens with one attached hydrogen (secondary N) is 1. The third-order valence-electron chi connectivity index (χ3n) is 3.31. The van der Waals surface area contributed by atoms with Crippen molar-refractivity contribution >= 4 is 34.8 Å². The molecule has 1 unspecified atom stereocenters. The molecule has 1 atom stereocenters. The number of aromatic nitrogens is 1. The molecule has 0 saturated heterocycles. The highest BCUT2D eigenvalue weighted by molar-refractivity contribution is 7.13. The first-order chi connectivity index (χ1) is 11.4. The van der Waals surface area contributed by atoms with Gasteiger partial charge in [0.05, 0.1) is 7.11 Å². The predicted molar refractivity (Wildman–Crippen MR) is 95.3 cm³/mol. The molecule has 2 aromatic rings. The average molecular weight is 367 g/mol. The van der Waals surface area contributed by atoms with Gasteiger partial charge >= 0.3 is 5.97 Å². The van der Waals surface area contributed by atoms with Gasteiger partial charge in [0.2, 0.25) is 0 Å². The van der Waals surface area contributed by atoms with E-state index in [4.69, 9.17) is 16.3 Å². The van der Waals surface area contributed by atoms with Gasteiger partial charge in [0.1, 0.15) is 16.7 Å². The molecule has 2 rings (SSSR count). The number of carbonyl (C=O) groups excluding carboxylic acids is 2. The van der Waals surface area contributed by atoms with E-state index in [1.807, 2.05) is 26.0 Å². The summed E-state index contributed by atoms with van der Waals surface area (Å²) in [6, 6.07) is 6.59. The van der Waals surface area contributed by atoms with Crippen LogP contribution < -0.4 is 5.32 Å². The number of halogens is 1. The molecule has 24 heavy (non-hydrogen) atoms. The number of carbonyl (C=O) groups is 2. The predicted octanol–water partition coefficient (Wildman–Crippen LogP) is 3.78. The first-order valence-electron chi connectivity index (χ1n) is 7.51. The standard InChI is InChI=1S/C17H19ClN2O3S/c1-10(2)7-13(17(22)23-3)19-15(21)14-9-24-16(20-14)11-5-4-6-12(18)8-11/h4-6,8-10,13H,7H2,1-3H3,(H,19,21). The summed E-state index contributed by atoms with van der Waals surface area (Å²) in [5, 5.41) is 5.66. The van der Waals surface area contributed by atoms with Crippen LogP contribution in [0.1, 0.15) is 30.8 Å². The molecule has 0 aliphatic carbocycles. The molecule has 0 fully saturated rings. The monoisotopic (exact) mass is 366 g/mol. The Balaban J connectivity index is 2.13. The van der Waals surface area contributed by atoms with E-state index in [0.29, 0.717) is 16.5 Å². The lowest BCUT2D eigenvalue weighted by Gasteiger charge is -2.17. The summed E-state index contributed by atoms with van der Waals surface area (Å²) in [4.78, 5) is 28.5. The summed E-state index contributed by atoms with van der Waals surface area (Å²) in [6.07, 6.45) is 0.504. The zero-order valence-electron chi connectivity index (χ0n) is 13.7. The van der Waals surface area contributed by atoms with Crippen LogP contribution in [0.4, 0.5) is 0 Å². The van der Waals surface area contributed by atoms with Crippen molar-refractivity contribution in [1.29, 1.82) is 0 Å². The quantitative estimate of drug-likeness (QED) is 0.790. The third-order valence-corrected chi connectivity index (χ3v) is 4.43. The SMILES string of the molecule is COC(=O)C(CC(C)C)NC(=O)c1csc(-c2cccc(Cl)c2)n1. The molecule has 0 radical (unpaired) electrons. The van der Waals surface area contributed by atoms with Gasteiger partial charge in [-0.3, -0.25) is 4.79 Å². The van der Waals surface area contributed by atoms with Gasteiger partial charge in [0.15, 0.2) is 0 Å². The highest BCUT2D eigenvalue weighted by Crippen LogP contribution is 2.26. The van der Waals surface area contributed by atoms with Crippen molar-refractivity contribution < 1.29 is 14.3 Å². The number of methoxy groups -OCH3 is 1. The number of nitrogens with zero attached hydrogens (tertiary/aromatic N) is 1. The lowest BCUT2D eigenvalue weighted by molar-refractivity contribution is -0.143. The Morgan fingerprint density at radius 1 is 1.38 bits per heavy atom. The summed E-state index contributed by atoms with van der Waals surface area (Å²) >= 11 is 7.33. The minimum Gasteiger partial charge on any atom is -0.467 e. The number of amides is 1. The Morgan fingerprint density at radius 2 is 2.12 bits per heavy atom. The van der Waals surface area contributed by atoms with E-state index in [1.54, 1.807) is 17.5 Å². The zero-order chi connectivity index (χ0) is 17.7. The fraction of sp³-hybridized carbons (Fsp3) is 0.353. The second kappa shape index (κ2) is 8.26. The van der Waals surface area contributed by atoms with E-state index in [-0.39, 0.29) is 11.6 Å². The van der Waals surface area contributed by atoms with E-state index in [0.717, 1.165) is 5.56 Å². The maximum atomic E-state index is 12.4. The summed E-state index contributed by atoms with van der Waals surface area (Å²) in [6.45, 7) is 3.95. The molecule has 1 N–H and O–H groups in total. The van der Waals surface area contributed by atoms with Gasteiger partial charge in [0.25, 0.3) is 5.91 Å². The van der Waals surface area contributed by atoms with Crippen molar-refractivity contribution in [2.75, 3.05) is 7.11 Å². The van der Waals surface area contributed by atoms with Gasteiger partial charge in [-0.1, -0.05) is 37.6 Å². The fourth-order valence-corrected chi connectivity index (χ4v) is 3.18. The second-order valence-corrected chi connectivity index (χ2v) is 7.02. The average Bonchev–Trinajstić information content (AvgIpc) is 3.03. The van der Waals surface area contributed by atoms with Gasteiger partial charge in [0, 0.05) is 16.0 Å². The van der Waals surface area contributed by atoms with E-state index >= 15 is 0 Å². The van der Waals surface area contributed by atoms with Gasteiger partial charge in [-0.15, -0.1) is 11.3 Å². The van der Waals surface area contributed by atoms with Gasteiger partial charge in [-0.25, -0.2) is 9.78 Å². The van der Waals surface area contributed by atoms with Crippen LogP contribution in [0, 0.1) is 5.92 Å². The lowest BCUT2D eigenvalue weighted by Crippen LogP contribution is -2.42. The van der Waals surface area contributed by atoms with E-state index < -0.39 is 17.9 Å². The largest absolute Gasteiger partial charge is 0.467 e. The topological polar surface area (TPSA) is 68.3 Å². The Labute approximate surface area is 150 Å². The maximum absolute atomic E-state index is 12.4. The molecule has 0 spiro atoms. The molecule has 1 heterocycles. The number of hydrogen-bond acceptors (Lipinski definition) is 5. The molecule has 0 aliphatic heterocycles. The van der Waals surface area contributed by atoms with Gasteiger partial charge in [-0.2, -0.15) is 0 Å². The first-order valence-corrected chi connectivity index (χ1v) is 8.76. The van der Waals surface area contributed by atoms with Crippen LogP contribution in [0.25, 0.3) is 10.6 Å². The highest BCUT2D eigenvalue weighted by Gasteiger charge is 2.24. The fourth-order valence-electron chi connectivity index (χ4n) is 2.19. The van der Waals surface area contributed by atoms with Crippen LogP contribution >= 0.6 is 22.9 Å². The Bertz CT molecular complexity index is 730. The Hall–Kier alpha value is -1.92. The minimum absolute atomic E-state index is 0.242. The summed E-state index contributed by atoms with van der Waals surface area (Å²) in [7, 11) is 1.31. The van der Waals surface area contributed by atoms with Crippen molar-refractivity contribution in [3.63, 3.8) is 0 Å². The van der Waals surface area contributed by atoms with Crippen molar-refractivity contribution in [3.05, 3.63) is 40.4 Å². The number of rotatable bonds is 6. The van der Waals surface area contributed by atoms with E-state index in [9.17, 15) is 9.59 Å². The maximum Gasteiger partial charge on any atom is 0.328 e. The van der Waals surface area contributed by atoms with Gasteiger partial charge < -0.3 is 10.1 Å². The molecule has 5 nitrogen and oxygen atoms in total. The zero-order valence-corrected chi connectivity index (χ0v) is 15.3. The van der Waals surface area contributed by atoms with Crippen molar-refractivity contribution in [1.82, 2.24) is 10.3 Å². The number of thiazole rings is 1. The molecule has 1 aromatic carbocycles. The van der Waals surface area contributed by atoms with Crippen molar-refractivity contribution in [3.8, 4) is 10.6 Å². The summed E-state index contributed by atoms with van der Waals surface area (Å²) in [5.74, 6) is -0.607. The molecule has 1 aromatic heterocycles. The molecule has 128 valence electrons. The molecule has 1 amide bonds. The number of hydrogen-bond donors (Lipinski definition) is 1. The van der Waals surface area contributed by atoms with Crippen LogP contribution in [0.2, 0.25) is 5.02 Å². The number of benzene rings is 1. The normalized spacial score (nSPS) is 12.0. The van der Waals surface area contributed by atoms with Crippen molar-refractivity contribution in [2.24, 2.45) is 5.92 Å². The van der Waals surface area contributed by atoms with Crippen LogP contribution in [0.3, 0.4) is 0 Å². The molecular weight excluding hydrogens is 348 g/mol. The van der Waals surface area contributed by atoms with Crippen molar-refractivity contribution in [2.45, 2.75) is 26.3 Å². The smallest absolute Gasteiger partial charge is 0.328 e. The van der Waals surface area contributed by atoms with Crippen LogP contribution in [0.15, 0.2) is 29.6 Å². The Morgan fingerprint density at radius 3 is 2.75 bits per heavy atom. The number of ether oxygens (including phenoxy) is 1.